The highest BCUT2D eigenvalue weighted by atomic mass is 19.1. The number of aromatic nitrogens is 2. The van der Waals surface area contributed by atoms with E-state index in [0.29, 0.717) is 11.7 Å². The van der Waals surface area contributed by atoms with Crippen molar-refractivity contribution >= 4 is 0 Å². The Kier molecular flexibility index (Phi) is 1.69. The van der Waals surface area contributed by atoms with Crippen LogP contribution >= 0.6 is 0 Å². The summed E-state index contributed by atoms with van der Waals surface area (Å²) in [5.41, 5.74) is 6.82. The molecule has 5 rings (SSSR count). The fourth-order valence-electron chi connectivity index (χ4n) is 3.25. The van der Waals surface area contributed by atoms with Gasteiger partial charge in [-0.15, -0.1) is 0 Å². The van der Waals surface area contributed by atoms with Crippen LogP contribution in [0, 0.1) is 5.82 Å². The van der Waals surface area contributed by atoms with Crippen LogP contribution in [0.25, 0.3) is 11.4 Å². The lowest BCUT2D eigenvalue weighted by Gasteiger charge is -2.66. The molecule has 1 aromatic heterocycles. The van der Waals surface area contributed by atoms with Crippen molar-refractivity contribution in [2.75, 3.05) is 0 Å². The number of benzene rings is 1. The minimum absolute atomic E-state index is 0.0184. The zero-order valence-corrected chi connectivity index (χ0v) is 9.69. The van der Waals surface area contributed by atoms with Crippen molar-refractivity contribution < 1.29 is 8.91 Å². The van der Waals surface area contributed by atoms with Gasteiger partial charge < -0.3 is 10.3 Å². The predicted octanol–water partition coefficient (Wildman–Crippen LogP) is 2.01. The van der Waals surface area contributed by atoms with Gasteiger partial charge in [0.25, 0.3) is 0 Å². The Morgan fingerprint density at radius 2 is 1.83 bits per heavy atom. The number of hydrogen-bond donors (Lipinski definition) is 1. The van der Waals surface area contributed by atoms with Crippen LogP contribution in [0.1, 0.15) is 25.2 Å². The molecule has 4 nitrogen and oxygen atoms in total. The first-order chi connectivity index (χ1) is 8.59. The number of hydrogen-bond acceptors (Lipinski definition) is 4. The fraction of sp³-hybridized carbons (Fsp3) is 0.385. The largest absolute Gasteiger partial charge is 0.338 e. The van der Waals surface area contributed by atoms with E-state index in [9.17, 15) is 4.39 Å². The zero-order chi connectivity index (χ0) is 12.4. The van der Waals surface area contributed by atoms with Gasteiger partial charge >= 0.3 is 0 Å². The molecule has 3 saturated carbocycles. The van der Waals surface area contributed by atoms with Crippen molar-refractivity contribution in [3.05, 3.63) is 36.0 Å². The molecule has 0 saturated heterocycles. The minimum Gasteiger partial charge on any atom is -0.338 e. The smallest absolute Gasteiger partial charge is 0.233 e. The predicted molar refractivity (Wildman–Crippen MR) is 62.1 cm³/mol. The lowest BCUT2D eigenvalue weighted by molar-refractivity contribution is -0.0793. The Bertz CT molecular complexity index is 600. The summed E-state index contributed by atoms with van der Waals surface area (Å²) in [7, 11) is 0. The highest BCUT2D eigenvalue weighted by Crippen LogP contribution is 2.66. The molecule has 0 aliphatic heterocycles. The molecule has 0 atom stereocenters. The maximum atomic E-state index is 12.8. The van der Waals surface area contributed by atoms with Crippen LogP contribution < -0.4 is 5.73 Å². The van der Waals surface area contributed by atoms with Crippen molar-refractivity contribution in [1.82, 2.24) is 10.1 Å². The van der Waals surface area contributed by atoms with E-state index in [1.54, 1.807) is 12.1 Å². The van der Waals surface area contributed by atoms with Crippen LogP contribution in [-0.2, 0) is 5.41 Å². The van der Waals surface area contributed by atoms with Crippen LogP contribution in [0.4, 0.5) is 4.39 Å². The summed E-state index contributed by atoms with van der Waals surface area (Å²) in [5.74, 6) is 0.918. The van der Waals surface area contributed by atoms with Gasteiger partial charge in [0.2, 0.25) is 11.7 Å². The van der Waals surface area contributed by atoms with Gasteiger partial charge in [0.05, 0.1) is 5.41 Å². The van der Waals surface area contributed by atoms with E-state index >= 15 is 0 Å². The van der Waals surface area contributed by atoms with E-state index < -0.39 is 0 Å². The molecule has 0 spiro atoms. The molecule has 0 radical (unpaired) electrons. The van der Waals surface area contributed by atoms with Gasteiger partial charge in [0, 0.05) is 11.1 Å². The summed E-state index contributed by atoms with van der Waals surface area (Å²) < 4.78 is 18.2. The van der Waals surface area contributed by atoms with Crippen molar-refractivity contribution in [3.63, 3.8) is 0 Å². The second kappa shape index (κ2) is 2.98. The summed E-state index contributed by atoms with van der Waals surface area (Å²) >= 11 is 0. The Morgan fingerprint density at radius 3 is 2.44 bits per heavy atom. The molecule has 2 N–H and O–H groups in total. The topological polar surface area (TPSA) is 64.9 Å². The third-order valence-electron chi connectivity index (χ3n) is 4.05. The number of nitrogens with two attached hydrogens (primary N) is 1. The third-order valence-corrected chi connectivity index (χ3v) is 4.05. The number of nitrogens with zero attached hydrogens (tertiary/aromatic N) is 2. The molecular formula is C13H12FN3O. The molecule has 92 valence electrons. The first kappa shape index (κ1) is 10.2. The van der Waals surface area contributed by atoms with Crippen molar-refractivity contribution in [3.8, 4) is 11.4 Å². The second-order valence-corrected chi connectivity index (χ2v) is 5.60. The van der Waals surface area contributed by atoms with Gasteiger partial charge in [-0.2, -0.15) is 4.98 Å². The molecule has 2 aromatic rings. The van der Waals surface area contributed by atoms with Gasteiger partial charge in [0.15, 0.2) is 0 Å². The summed E-state index contributed by atoms with van der Waals surface area (Å²) in [6.07, 6.45) is 2.81. The van der Waals surface area contributed by atoms with Gasteiger partial charge in [-0.3, -0.25) is 0 Å². The standard InChI is InChI=1S/C13H12FN3O/c14-9-3-1-8(2-4-9)10-16-11(18-17-10)12-5-13(15,6-12)7-12/h1-4H,5-7,15H2. The summed E-state index contributed by atoms with van der Waals surface area (Å²) in [6.45, 7) is 0. The molecule has 3 aliphatic rings. The molecular weight excluding hydrogens is 233 g/mol. The fourth-order valence-corrected chi connectivity index (χ4v) is 3.25. The Morgan fingerprint density at radius 1 is 1.17 bits per heavy atom. The van der Waals surface area contributed by atoms with E-state index in [4.69, 9.17) is 10.3 Å². The van der Waals surface area contributed by atoms with Crippen LogP contribution in [-0.4, -0.2) is 15.7 Å². The van der Waals surface area contributed by atoms with E-state index in [2.05, 4.69) is 10.1 Å². The van der Waals surface area contributed by atoms with Crippen LogP contribution in [0.15, 0.2) is 28.8 Å². The second-order valence-electron chi connectivity index (χ2n) is 5.60. The molecule has 1 aromatic carbocycles. The number of halogens is 1. The van der Waals surface area contributed by atoms with E-state index in [1.807, 2.05) is 0 Å². The molecule has 3 fully saturated rings. The minimum atomic E-state index is -0.271. The monoisotopic (exact) mass is 245 g/mol. The highest BCUT2D eigenvalue weighted by Gasteiger charge is 2.69. The molecule has 18 heavy (non-hydrogen) atoms. The molecule has 0 amide bonds. The molecule has 3 aliphatic carbocycles. The summed E-state index contributed by atoms with van der Waals surface area (Å²) in [5, 5.41) is 3.96. The van der Waals surface area contributed by atoms with E-state index in [-0.39, 0.29) is 16.8 Å². The van der Waals surface area contributed by atoms with Gasteiger partial charge in [0.1, 0.15) is 5.82 Å². The Hall–Kier alpha value is -1.75. The van der Waals surface area contributed by atoms with Gasteiger partial charge in [-0.05, 0) is 43.5 Å². The number of rotatable bonds is 2. The molecule has 2 bridgehead atoms. The third kappa shape index (κ3) is 1.22. The van der Waals surface area contributed by atoms with Crippen LogP contribution in [0.3, 0.4) is 0 Å². The van der Waals surface area contributed by atoms with Crippen LogP contribution in [0.2, 0.25) is 0 Å². The summed E-state index contributed by atoms with van der Waals surface area (Å²) in [6, 6.07) is 6.08. The lowest BCUT2D eigenvalue weighted by atomic mass is 9.40. The van der Waals surface area contributed by atoms with Crippen molar-refractivity contribution in [1.29, 1.82) is 0 Å². The van der Waals surface area contributed by atoms with E-state index in [0.717, 1.165) is 24.8 Å². The van der Waals surface area contributed by atoms with Gasteiger partial charge in [-0.25, -0.2) is 4.39 Å². The Labute approximate surface area is 103 Å². The molecule has 0 unspecified atom stereocenters. The van der Waals surface area contributed by atoms with Crippen LogP contribution in [0.5, 0.6) is 0 Å². The zero-order valence-electron chi connectivity index (χ0n) is 9.69. The van der Waals surface area contributed by atoms with E-state index in [1.165, 1.54) is 12.1 Å². The lowest BCUT2D eigenvalue weighted by Crippen LogP contribution is -2.74. The Balaban J connectivity index is 1.65. The quantitative estimate of drug-likeness (QED) is 0.879. The first-order valence-corrected chi connectivity index (χ1v) is 5.98. The first-order valence-electron chi connectivity index (χ1n) is 5.98. The normalized spacial score (nSPS) is 32.8. The highest BCUT2D eigenvalue weighted by molar-refractivity contribution is 5.54. The van der Waals surface area contributed by atoms with Crippen molar-refractivity contribution in [2.45, 2.75) is 30.2 Å². The molecule has 5 heteroatoms. The maximum Gasteiger partial charge on any atom is 0.233 e. The van der Waals surface area contributed by atoms with Gasteiger partial charge in [-0.1, -0.05) is 5.16 Å². The average Bonchev–Trinajstić information content (AvgIpc) is 2.74. The molecule has 1 heterocycles. The van der Waals surface area contributed by atoms with Crippen molar-refractivity contribution in [2.24, 2.45) is 5.73 Å². The SMILES string of the molecule is NC12CC(c3nc(-c4ccc(F)cc4)no3)(C1)C2. The average molecular weight is 245 g/mol. The summed E-state index contributed by atoms with van der Waals surface area (Å²) in [4.78, 5) is 4.42. The maximum absolute atomic E-state index is 12.8.